The molecule has 3 nitrogen and oxygen atoms in total. The summed E-state index contributed by atoms with van der Waals surface area (Å²) in [4.78, 5) is 11.2. The van der Waals surface area contributed by atoms with Crippen LogP contribution in [0.1, 0.15) is 26.7 Å². The van der Waals surface area contributed by atoms with Gasteiger partial charge in [-0.15, -0.1) is 0 Å². The molecular formula is C11H20N2O. The van der Waals surface area contributed by atoms with Crippen molar-refractivity contribution in [2.24, 2.45) is 5.41 Å². The van der Waals surface area contributed by atoms with Crippen molar-refractivity contribution in [2.45, 2.75) is 26.7 Å². The van der Waals surface area contributed by atoms with Crippen molar-refractivity contribution in [3.8, 4) is 0 Å². The number of hydrogen-bond donors (Lipinski definition) is 2. The Balaban J connectivity index is 2.31. The molecule has 0 saturated carbocycles. The van der Waals surface area contributed by atoms with Crippen LogP contribution in [0.4, 0.5) is 0 Å². The second kappa shape index (κ2) is 5.15. The van der Waals surface area contributed by atoms with Crippen LogP contribution >= 0.6 is 0 Å². The van der Waals surface area contributed by atoms with E-state index in [-0.39, 0.29) is 11.3 Å². The smallest absolute Gasteiger partial charge is 0.243 e. The van der Waals surface area contributed by atoms with Crippen LogP contribution in [0.5, 0.6) is 0 Å². The summed E-state index contributed by atoms with van der Waals surface area (Å²) in [6.45, 7) is 7.01. The second-order valence-electron chi connectivity index (χ2n) is 4.28. The molecule has 14 heavy (non-hydrogen) atoms. The van der Waals surface area contributed by atoms with Gasteiger partial charge in [-0.1, -0.05) is 13.0 Å². The third kappa shape index (κ3) is 3.50. The first-order valence-electron chi connectivity index (χ1n) is 5.27. The van der Waals surface area contributed by atoms with Gasteiger partial charge in [-0.2, -0.15) is 0 Å². The summed E-state index contributed by atoms with van der Waals surface area (Å²) in [5.74, 6) is 0.0206. The zero-order chi connectivity index (χ0) is 10.4. The molecule has 1 fully saturated rings. The summed E-state index contributed by atoms with van der Waals surface area (Å²) >= 11 is 0. The summed E-state index contributed by atoms with van der Waals surface area (Å²) in [5.41, 5.74) is 0.280. The first-order chi connectivity index (χ1) is 6.66. The molecule has 1 aliphatic rings. The predicted molar refractivity (Wildman–Crippen MR) is 58.0 cm³/mol. The lowest BCUT2D eigenvalue weighted by atomic mass is 9.81. The Morgan fingerprint density at radius 2 is 2.14 bits per heavy atom. The molecule has 80 valence electrons. The molecule has 1 heterocycles. The molecule has 1 rings (SSSR count). The van der Waals surface area contributed by atoms with Crippen LogP contribution in [-0.4, -0.2) is 25.5 Å². The monoisotopic (exact) mass is 196 g/mol. The van der Waals surface area contributed by atoms with E-state index >= 15 is 0 Å². The highest BCUT2D eigenvalue weighted by molar-refractivity contribution is 5.87. The third-order valence-electron chi connectivity index (χ3n) is 2.82. The third-order valence-corrected chi connectivity index (χ3v) is 2.82. The Kier molecular flexibility index (Phi) is 4.14. The van der Waals surface area contributed by atoms with Crippen molar-refractivity contribution in [3.63, 3.8) is 0 Å². The van der Waals surface area contributed by atoms with E-state index in [1.807, 2.05) is 6.92 Å². The zero-order valence-electron chi connectivity index (χ0n) is 9.10. The molecule has 0 aliphatic carbocycles. The normalized spacial score (nSPS) is 21.0. The van der Waals surface area contributed by atoms with Crippen LogP contribution < -0.4 is 10.6 Å². The highest BCUT2D eigenvalue weighted by Crippen LogP contribution is 2.26. The van der Waals surface area contributed by atoms with Gasteiger partial charge in [0.15, 0.2) is 0 Å². The van der Waals surface area contributed by atoms with Crippen LogP contribution in [-0.2, 0) is 4.79 Å². The summed E-state index contributed by atoms with van der Waals surface area (Å²) in [7, 11) is 0. The highest BCUT2D eigenvalue weighted by atomic mass is 16.1. The average molecular weight is 196 g/mol. The number of rotatable bonds is 3. The van der Waals surface area contributed by atoms with Gasteiger partial charge in [0, 0.05) is 6.54 Å². The first kappa shape index (κ1) is 11.2. The number of carbonyl (C=O) groups excluding carboxylic acids is 1. The van der Waals surface area contributed by atoms with Crippen molar-refractivity contribution in [1.29, 1.82) is 0 Å². The van der Waals surface area contributed by atoms with E-state index in [4.69, 9.17) is 0 Å². The summed E-state index contributed by atoms with van der Waals surface area (Å²) in [6, 6.07) is 0. The van der Waals surface area contributed by atoms with Gasteiger partial charge in [-0.05, 0) is 44.3 Å². The number of allylic oxidation sites excluding steroid dienone is 1. The van der Waals surface area contributed by atoms with E-state index in [0.717, 1.165) is 32.5 Å². The molecule has 3 heteroatoms. The Bertz CT molecular complexity index is 217. The lowest BCUT2D eigenvalue weighted by Gasteiger charge is -2.33. The van der Waals surface area contributed by atoms with Gasteiger partial charge in [-0.3, -0.25) is 4.79 Å². The molecule has 1 aliphatic heterocycles. The predicted octanol–water partition coefficient (Wildman–Crippen LogP) is 1.07. The van der Waals surface area contributed by atoms with Crippen LogP contribution in [0, 0.1) is 5.41 Å². The van der Waals surface area contributed by atoms with Crippen molar-refractivity contribution in [2.75, 3.05) is 19.6 Å². The van der Waals surface area contributed by atoms with E-state index in [0.29, 0.717) is 0 Å². The van der Waals surface area contributed by atoms with Crippen LogP contribution in [0.2, 0.25) is 0 Å². The zero-order valence-corrected chi connectivity index (χ0v) is 9.10. The van der Waals surface area contributed by atoms with Crippen LogP contribution in [0.3, 0.4) is 0 Å². The minimum absolute atomic E-state index is 0.0206. The van der Waals surface area contributed by atoms with Crippen LogP contribution in [0.25, 0.3) is 0 Å². The van der Waals surface area contributed by atoms with E-state index in [2.05, 4.69) is 17.6 Å². The van der Waals surface area contributed by atoms with Crippen molar-refractivity contribution >= 4 is 5.91 Å². The maximum atomic E-state index is 11.2. The number of hydrogen-bond acceptors (Lipinski definition) is 2. The Labute approximate surface area is 86.0 Å². The molecule has 0 aromatic rings. The number of carbonyl (C=O) groups is 1. The Morgan fingerprint density at radius 3 is 2.71 bits per heavy atom. The summed E-state index contributed by atoms with van der Waals surface area (Å²) in [5, 5.41) is 6.27. The largest absolute Gasteiger partial charge is 0.352 e. The molecule has 0 radical (unpaired) electrons. The van der Waals surface area contributed by atoms with Gasteiger partial charge in [0.05, 0.1) is 0 Å². The lowest BCUT2D eigenvalue weighted by Crippen LogP contribution is -2.42. The Morgan fingerprint density at radius 1 is 1.50 bits per heavy atom. The SMILES string of the molecule is C/C=C/C(=O)NCC1(C)CCNCC1. The van der Waals surface area contributed by atoms with E-state index in [1.54, 1.807) is 12.2 Å². The van der Waals surface area contributed by atoms with Gasteiger partial charge in [0.1, 0.15) is 0 Å². The molecule has 0 aromatic heterocycles. The minimum atomic E-state index is 0.0206. The van der Waals surface area contributed by atoms with Gasteiger partial charge >= 0.3 is 0 Å². The molecule has 1 saturated heterocycles. The van der Waals surface area contributed by atoms with Crippen molar-refractivity contribution < 1.29 is 4.79 Å². The fraction of sp³-hybridized carbons (Fsp3) is 0.727. The number of piperidine rings is 1. The van der Waals surface area contributed by atoms with E-state index in [9.17, 15) is 4.79 Å². The molecule has 1 amide bonds. The Hall–Kier alpha value is -0.830. The van der Waals surface area contributed by atoms with Gasteiger partial charge < -0.3 is 10.6 Å². The van der Waals surface area contributed by atoms with Gasteiger partial charge in [0.25, 0.3) is 0 Å². The lowest BCUT2D eigenvalue weighted by molar-refractivity contribution is -0.117. The van der Waals surface area contributed by atoms with Crippen LogP contribution in [0.15, 0.2) is 12.2 Å². The van der Waals surface area contributed by atoms with Crippen molar-refractivity contribution in [3.05, 3.63) is 12.2 Å². The molecule has 0 aromatic carbocycles. The molecule has 2 N–H and O–H groups in total. The highest BCUT2D eigenvalue weighted by Gasteiger charge is 2.26. The number of nitrogens with one attached hydrogen (secondary N) is 2. The average Bonchev–Trinajstić information content (AvgIpc) is 2.17. The standard InChI is InChI=1S/C11H20N2O/c1-3-4-10(14)13-9-11(2)5-7-12-8-6-11/h3-4,12H,5-9H2,1-2H3,(H,13,14)/b4-3+. The molecule has 0 unspecified atom stereocenters. The fourth-order valence-electron chi connectivity index (χ4n) is 1.72. The topological polar surface area (TPSA) is 41.1 Å². The quantitative estimate of drug-likeness (QED) is 0.663. The minimum Gasteiger partial charge on any atom is -0.352 e. The summed E-state index contributed by atoms with van der Waals surface area (Å²) in [6.07, 6.45) is 5.62. The molecule has 0 atom stereocenters. The van der Waals surface area contributed by atoms with Gasteiger partial charge in [0.2, 0.25) is 5.91 Å². The maximum absolute atomic E-state index is 11.2. The molecule has 0 bridgehead atoms. The van der Waals surface area contributed by atoms with Crippen molar-refractivity contribution in [1.82, 2.24) is 10.6 Å². The van der Waals surface area contributed by atoms with E-state index < -0.39 is 0 Å². The first-order valence-corrected chi connectivity index (χ1v) is 5.27. The molecular weight excluding hydrogens is 176 g/mol. The maximum Gasteiger partial charge on any atom is 0.243 e. The van der Waals surface area contributed by atoms with Gasteiger partial charge in [-0.25, -0.2) is 0 Å². The summed E-state index contributed by atoms with van der Waals surface area (Å²) < 4.78 is 0. The number of amides is 1. The fourth-order valence-corrected chi connectivity index (χ4v) is 1.72. The second-order valence-corrected chi connectivity index (χ2v) is 4.28. The molecule has 0 spiro atoms. The van der Waals surface area contributed by atoms with E-state index in [1.165, 1.54) is 0 Å².